The highest BCUT2D eigenvalue weighted by Crippen LogP contribution is 2.10. The summed E-state index contributed by atoms with van der Waals surface area (Å²) in [4.78, 5) is 29.9. The second-order valence-corrected chi connectivity index (χ2v) is 14.9. The number of carbonyl (C=O) groups is 2. The average Bonchev–Trinajstić information content (AvgIpc) is 2.62. The van der Waals surface area contributed by atoms with Crippen LogP contribution < -0.4 is 5.32 Å². The number of amides is 1. The standard InChI is InChI=1S/C22H36N2O5Si/c1-22(2,3)29-21(26)24-19(13-10-14-23-28-15-16-30(4,5)6)20(25)27-17-18-11-8-7-9-12-18/h7-9,11-12,14,19H,10,13,15-17H2,1-6H3,(H,24,26)/b23-14-/t19-/m0/s1. The first-order chi connectivity index (χ1) is 14.0. The second kappa shape index (κ2) is 12.4. The molecule has 1 rings (SSSR count). The number of alkyl carbamates (subject to hydrolysis) is 1. The maximum atomic E-state index is 12.5. The summed E-state index contributed by atoms with van der Waals surface area (Å²) in [6.07, 6.45) is 1.73. The molecule has 0 saturated heterocycles. The fourth-order valence-corrected chi connectivity index (χ4v) is 2.98. The average molecular weight is 437 g/mol. The van der Waals surface area contributed by atoms with E-state index in [9.17, 15) is 9.59 Å². The highest BCUT2D eigenvalue weighted by molar-refractivity contribution is 6.76. The van der Waals surface area contributed by atoms with Crippen molar-refractivity contribution in [1.82, 2.24) is 5.32 Å². The van der Waals surface area contributed by atoms with E-state index in [4.69, 9.17) is 14.3 Å². The lowest BCUT2D eigenvalue weighted by molar-refractivity contribution is -0.147. The van der Waals surface area contributed by atoms with E-state index in [1.54, 1.807) is 27.0 Å². The summed E-state index contributed by atoms with van der Waals surface area (Å²) in [5.41, 5.74) is 0.216. The van der Waals surface area contributed by atoms with Gasteiger partial charge in [0.25, 0.3) is 0 Å². The number of oxime groups is 1. The topological polar surface area (TPSA) is 86.2 Å². The highest BCUT2D eigenvalue weighted by Gasteiger charge is 2.25. The first kappa shape index (κ1) is 25.7. The smallest absolute Gasteiger partial charge is 0.408 e. The van der Waals surface area contributed by atoms with Crippen LogP contribution in [0.25, 0.3) is 0 Å². The summed E-state index contributed by atoms with van der Waals surface area (Å²) in [6.45, 7) is 12.8. The van der Waals surface area contributed by atoms with E-state index in [1.165, 1.54) is 0 Å². The molecule has 0 unspecified atom stereocenters. The summed E-state index contributed by atoms with van der Waals surface area (Å²) < 4.78 is 10.6. The van der Waals surface area contributed by atoms with Crippen molar-refractivity contribution in [2.75, 3.05) is 6.61 Å². The molecule has 0 radical (unpaired) electrons. The first-order valence-corrected chi connectivity index (χ1v) is 14.0. The predicted octanol–water partition coefficient (Wildman–Crippen LogP) is 4.74. The molecule has 1 aromatic carbocycles. The number of hydrogen-bond acceptors (Lipinski definition) is 6. The number of nitrogens with one attached hydrogen (secondary N) is 1. The van der Waals surface area contributed by atoms with Crippen molar-refractivity contribution in [2.24, 2.45) is 5.16 Å². The van der Waals surface area contributed by atoms with Gasteiger partial charge in [-0.2, -0.15) is 0 Å². The fraction of sp³-hybridized carbons (Fsp3) is 0.591. The van der Waals surface area contributed by atoms with E-state index in [2.05, 4.69) is 30.1 Å². The lowest BCUT2D eigenvalue weighted by Crippen LogP contribution is -2.44. The minimum Gasteiger partial charge on any atom is -0.459 e. The molecule has 1 atom stereocenters. The lowest BCUT2D eigenvalue weighted by Gasteiger charge is -2.22. The van der Waals surface area contributed by atoms with Gasteiger partial charge in [0, 0.05) is 14.3 Å². The van der Waals surface area contributed by atoms with Crippen LogP contribution in [0.3, 0.4) is 0 Å². The van der Waals surface area contributed by atoms with Gasteiger partial charge in [-0.3, -0.25) is 0 Å². The molecule has 1 aromatic rings. The van der Waals surface area contributed by atoms with Gasteiger partial charge in [0.05, 0.1) is 0 Å². The number of esters is 1. The molecule has 0 aliphatic heterocycles. The van der Waals surface area contributed by atoms with Crippen LogP contribution in [0.4, 0.5) is 4.79 Å². The highest BCUT2D eigenvalue weighted by atomic mass is 28.3. The van der Waals surface area contributed by atoms with Crippen LogP contribution in [0.15, 0.2) is 35.5 Å². The largest absolute Gasteiger partial charge is 0.459 e. The number of nitrogens with zero attached hydrogens (tertiary/aromatic N) is 1. The molecule has 0 aliphatic carbocycles. The Kier molecular flexibility index (Phi) is 10.6. The summed E-state index contributed by atoms with van der Waals surface area (Å²) in [5, 5.41) is 6.54. The number of carbonyl (C=O) groups excluding carboxylic acids is 2. The van der Waals surface area contributed by atoms with Crippen LogP contribution >= 0.6 is 0 Å². The van der Waals surface area contributed by atoms with Crippen LogP contribution in [0.2, 0.25) is 25.7 Å². The van der Waals surface area contributed by atoms with Crippen LogP contribution in [0, 0.1) is 0 Å². The molecule has 0 bridgehead atoms. The Hall–Kier alpha value is -2.35. The van der Waals surface area contributed by atoms with Gasteiger partial charge in [0.2, 0.25) is 0 Å². The summed E-state index contributed by atoms with van der Waals surface area (Å²) in [5.74, 6) is -0.516. The summed E-state index contributed by atoms with van der Waals surface area (Å²) in [6, 6.07) is 9.57. The normalized spacial score (nSPS) is 13.0. The zero-order valence-electron chi connectivity index (χ0n) is 19.1. The molecule has 1 N–H and O–H groups in total. The maximum Gasteiger partial charge on any atom is 0.408 e. The SMILES string of the molecule is CC(C)(C)OC(=O)N[C@@H](CC/C=N\OCC[Si](C)(C)C)C(=O)OCc1ccccc1. The van der Waals surface area contributed by atoms with Crippen LogP contribution in [0.1, 0.15) is 39.2 Å². The molecule has 7 nitrogen and oxygen atoms in total. The molecule has 168 valence electrons. The van der Waals surface area contributed by atoms with E-state index < -0.39 is 31.8 Å². The van der Waals surface area contributed by atoms with Crippen molar-refractivity contribution >= 4 is 26.4 Å². The Balaban J connectivity index is 2.56. The van der Waals surface area contributed by atoms with Crippen molar-refractivity contribution in [3.05, 3.63) is 35.9 Å². The van der Waals surface area contributed by atoms with Crippen molar-refractivity contribution in [3.63, 3.8) is 0 Å². The number of hydrogen-bond donors (Lipinski definition) is 1. The van der Waals surface area contributed by atoms with Gasteiger partial charge in [-0.15, -0.1) is 0 Å². The van der Waals surface area contributed by atoms with Crippen LogP contribution in [-0.4, -0.2) is 44.6 Å². The Morgan fingerprint density at radius 2 is 1.83 bits per heavy atom. The Bertz CT molecular complexity index is 681. The number of benzene rings is 1. The first-order valence-electron chi connectivity index (χ1n) is 10.3. The van der Waals surface area contributed by atoms with Crippen LogP contribution in [0.5, 0.6) is 0 Å². The predicted molar refractivity (Wildman–Crippen MR) is 121 cm³/mol. The van der Waals surface area contributed by atoms with Gasteiger partial charge < -0.3 is 19.6 Å². The van der Waals surface area contributed by atoms with Crippen LogP contribution in [-0.2, 0) is 25.7 Å². The molecule has 0 spiro atoms. The van der Waals surface area contributed by atoms with E-state index >= 15 is 0 Å². The Labute approximate surface area is 181 Å². The molecule has 0 fully saturated rings. The van der Waals surface area contributed by atoms with Crippen molar-refractivity contribution in [3.8, 4) is 0 Å². The van der Waals surface area contributed by atoms with Gasteiger partial charge in [-0.05, 0) is 45.2 Å². The van der Waals surface area contributed by atoms with Gasteiger partial charge in [-0.25, -0.2) is 9.59 Å². The molecule has 0 aromatic heterocycles. The second-order valence-electron chi connectivity index (χ2n) is 9.30. The Morgan fingerprint density at radius 3 is 2.43 bits per heavy atom. The van der Waals surface area contributed by atoms with Gasteiger partial charge in [0.15, 0.2) is 0 Å². The Morgan fingerprint density at radius 1 is 1.17 bits per heavy atom. The minimum absolute atomic E-state index is 0.139. The zero-order valence-corrected chi connectivity index (χ0v) is 20.1. The zero-order chi connectivity index (χ0) is 22.6. The fourth-order valence-electron chi connectivity index (χ4n) is 2.28. The van der Waals surface area contributed by atoms with Crippen molar-refractivity contribution < 1.29 is 23.9 Å². The van der Waals surface area contributed by atoms with E-state index in [0.29, 0.717) is 19.4 Å². The molecular formula is C22H36N2O5Si. The quantitative estimate of drug-likeness (QED) is 0.178. The monoisotopic (exact) mass is 436 g/mol. The number of ether oxygens (including phenoxy) is 2. The van der Waals surface area contributed by atoms with E-state index in [1.807, 2.05) is 30.3 Å². The molecule has 0 heterocycles. The van der Waals surface area contributed by atoms with Gasteiger partial charge >= 0.3 is 12.1 Å². The number of rotatable bonds is 11. The molecule has 0 saturated carbocycles. The molecule has 30 heavy (non-hydrogen) atoms. The third-order valence-corrected chi connectivity index (χ3v) is 5.58. The van der Waals surface area contributed by atoms with Gasteiger partial charge in [0.1, 0.15) is 24.9 Å². The van der Waals surface area contributed by atoms with Crippen molar-refractivity contribution in [2.45, 2.75) is 77.5 Å². The molecule has 1 amide bonds. The molecule has 0 aliphatic rings. The third kappa shape index (κ3) is 13.0. The minimum atomic E-state index is -1.16. The lowest BCUT2D eigenvalue weighted by atomic mass is 10.1. The van der Waals surface area contributed by atoms with Gasteiger partial charge in [-0.1, -0.05) is 55.1 Å². The van der Waals surface area contributed by atoms with E-state index in [0.717, 1.165) is 11.6 Å². The summed E-state index contributed by atoms with van der Waals surface area (Å²) >= 11 is 0. The maximum absolute atomic E-state index is 12.5. The third-order valence-electron chi connectivity index (χ3n) is 3.88. The van der Waals surface area contributed by atoms with E-state index in [-0.39, 0.29) is 6.61 Å². The van der Waals surface area contributed by atoms with Crippen molar-refractivity contribution in [1.29, 1.82) is 0 Å². The molecule has 8 heteroatoms. The molecular weight excluding hydrogens is 400 g/mol. The summed E-state index contributed by atoms with van der Waals surface area (Å²) in [7, 11) is -1.16.